The number of ether oxygens (including phenoxy) is 1. The topological polar surface area (TPSA) is 80.2 Å². The Bertz CT molecular complexity index is 936. The summed E-state index contributed by atoms with van der Waals surface area (Å²) < 4.78 is 6.39. The van der Waals surface area contributed by atoms with Gasteiger partial charge in [-0.2, -0.15) is 0 Å². The fourth-order valence-electron chi connectivity index (χ4n) is 2.90. The van der Waals surface area contributed by atoms with Gasteiger partial charge in [0, 0.05) is 30.4 Å². The summed E-state index contributed by atoms with van der Waals surface area (Å²) in [5.41, 5.74) is 4.18. The summed E-state index contributed by atoms with van der Waals surface area (Å²) in [6.45, 7) is 5.27. The van der Waals surface area contributed by atoms with Crippen LogP contribution >= 0.6 is 11.3 Å². The molecule has 0 aliphatic carbocycles. The first kappa shape index (κ1) is 16.9. The van der Waals surface area contributed by atoms with Crippen LogP contribution in [0.5, 0.6) is 0 Å². The fourth-order valence-corrected chi connectivity index (χ4v) is 3.62. The zero-order chi connectivity index (χ0) is 17.9. The third-order valence-corrected chi connectivity index (χ3v) is 5.01. The van der Waals surface area contributed by atoms with Crippen molar-refractivity contribution in [2.75, 3.05) is 31.2 Å². The van der Waals surface area contributed by atoms with Crippen LogP contribution in [-0.2, 0) is 11.3 Å². The van der Waals surface area contributed by atoms with Crippen LogP contribution in [0.25, 0.3) is 10.2 Å². The lowest BCUT2D eigenvalue weighted by molar-refractivity contribution is 0.0950. The Morgan fingerprint density at radius 3 is 2.96 bits per heavy atom. The highest BCUT2D eigenvalue weighted by atomic mass is 32.1. The number of nitrogens with one attached hydrogen (secondary N) is 1. The smallest absolute Gasteiger partial charge is 0.251 e. The van der Waals surface area contributed by atoms with Crippen molar-refractivity contribution in [2.45, 2.75) is 13.5 Å². The molecule has 3 aromatic rings. The van der Waals surface area contributed by atoms with E-state index < -0.39 is 0 Å². The highest BCUT2D eigenvalue weighted by Gasteiger charge is 2.15. The highest BCUT2D eigenvalue weighted by Crippen LogP contribution is 2.19. The SMILES string of the molecule is Cc1cc(N2CCOCC2)nc(CNC(=O)c2ccc3ncsc3c2)n1. The van der Waals surface area contributed by atoms with Crippen LogP contribution in [0.3, 0.4) is 0 Å². The first-order chi connectivity index (χ1) is 12.7. The molecule has 26 heavy (non-hydrogen) atoms. The molecule has 0 radical (unpaired) electrons. The van der Waals surface area contributed by atoms with Gasteiger partial charge in [0.05, 0.1) is 35.5 Å². The molecule has 0 unspecified atom stereocenters. The number of anilines is 1. The third-order valence-electron chi connectivity index (χ3n) is 4.22. The van der Waals surface area contributed by atoms with Gasteiger partial charge in [-0.15, -0.1) is 11.3 Å². The Balaban J connectivity index is 1.46. The maximum absolute atomic E-state index is 12.4. The lowest BCUT2D eigenvalue weighted by Gasteiger charge is -2.28. The average Bonchev–Trinajstić information content (AvgIpc) is 3.14. The number of rotatable bonds is 4. The van der Waals surface area contributed by atoms with Gasteiger partial charge in [-0.1, -0.05) is 0 Å². The van der Waals surface area contributed by atoms with Gasteiger partial charge in [-0.25, -0.2) is 15.0 Å². The Morgan fingerprint density at radius 1 is 1.27 bits per heavy atom. The largest absolute Gasteiger partial charge is 0.378 e. The highest BCUT2D eigenvalue weighted by molar-refractivity contribution is 7.16. The summed E-state index contributed by atoms with van der Waals surface area (Å²) in [5, 5.41) is 2.91. The van der Waals surface area contributed by atoms with E-state index in [0.29, 0.717) is 31.1 Å². The second kappa shape index (κ2) is 7.35. The molecule has 1 saturated heterocycles. The predicted octanol–water partition coefficient (Wildman–Crippen LogP) is 2.16. The molecule has 0 saturated carbocycles. The molecule has 1 aliphatic heterocycles. The molecule has 0 bridgehead atoms. The molecule has 0 atom stereocenters. The molecular formula is C18H19N5O2S. The number of aromatic nitrogens is 3. The van der Waals surface area contributed by atoms with E-state index in [1.165, 1.54) is 11.3 Å². The lowest BCUT2D eigenvalue weighted by atomic mass is 10.2. The van der Waals surface area contributed by atoms with Crippen LogP contribution in [0, 0.1) is 6.92 Å². The van der Waals surface area contributed by atoms with Crippen molar-refractivity contribution >= 4 is 33.3 Å². The first-order valence-corrected chi connectivity index (χ1v) is 9.36. The molecule has 1 amide bonds. The molecule has 1 N–H and O–H groups in total. The summed E-state index contributed by atoms with van der Waals surface area (Å²) in [7, 11) is 0. The zero-order valence-electron chi connectivity index (χ0n) is 14.4. The maximum Gasteiger partial charge on any atom is 0.251 e. The van der Waals surface area contributed by atoms with Gasteiger partial charge in [0.1, 0.15) is 11.6 Å². The van der Waals surface area contributed by atoms with E-state index in [2.05, 4.69) is 25.2 Å². The van der Waals surface area contributed by atoms with Gasteiger partial charge in [0.25, 0.3) is 5.91 Å². The van der Waals surface area contributed by atoms with Gasteiger partial charge >= 0.3 is 0 Å². The van der Waals surface area contributed by atoms with E-state index in [1.807, 2.05) is 25.1 Å². The van der Waals surface area contributed by atoms with E-state index in [9.17, 15) is 4.79 Å². The van der Waals surface area contributed by atoms with Crippen LogP contribution in [0.2, 0.25) is 0 Å². The number of morpholine rings is 1. The number of amides is 1. The number of thiazole rings is 1. The molecule has 134 valence electrons. The van der Waals surface area contributed by atoms with E-state index in [4.69, 9.17) is 4.74 Å². The minimum Gasteiger partial charge on any atom is -0.378 e. The van der Waals surface area contributed by atoms with Crippen molar-refractivity contribution in [1.29, 1.82) is 0 Å². The van der Waals surface area contributed by atoms with Crippen molar-refractivity contribution in [3.8, 4) is 0 Å². The number of benzene rings is 1. The van der Waals surface area contributed by atoms with Crippen molar-refractivity contribution in [1.82, 2.24) is 20.3 Å². The van der Waals surface area contributed by atoms with Crippen molar-refractivity contribution < 1.29 is 9.53 Å². The number of nitrogens with zero attached hydrogens (tertiary/aromatic N) is 4. The number of hydrogen-bond acceptors (Lipinski definition) is 7. The quantitative estimate of drug-likeness (QED) is 0.759. The van der Waals surface area contributed by atoms with Crippen LogP contribution in [0.1, 0.15) is 21.9 Å². The maximum atomic E-state index is 12.4. The second-order valence-electron chi connectivity index (χ2n) is 6.10. The Kier molecular flexibility index (Phi) is 4.77. The summed E-state index contributed by atoms with van der Waals surface area (Å²) in [6.07, 6.45) is 0. The van der Waals surface area contributed by atoms with Gasteiger partial charge < -0.3 is 15.0 Å². The zero-order valence-corrected chi connectivity index (χ0v) is 15.3. The Hall–Kier alpha value is -2.58. The molecule has 0 spiro atoms. The number of carbonyl (C=O) groups is 1. The standard InChI is InChI=1S/C18H19N5O2S/c1-12-8-17(23-4-6-25-7-5-23)22-16(21-12)10-19-18(24)13-2-3-14-15(9-13)26-11-20-14/h2-3,8-9,11H,4-7,10H2,1H3,(H,19,24). The van der Waals surface area contributed by atoms with Gasteiger partial charge in [-0.05, 0) is 25.1 Å². The van der Waals surface area contributed by atoms with Gasteiger partial charge in [0.2, 0.25) is 0 Å². The van der Waals surface area contributed by atoms with Crippen molar-refractivity contribution in [3.63, 3.8) is 0 Å². The average molecular weight is 369 g/mol. The minimum atomic E-state index is -0.140. The molecule has 1 aromatic carbocycles. The molecule has 7 nitrogen and oxygen atoms in total. The number of aryl methyl sites for hydroxylation is 1. The Morgan fingerprint density at radius 2 is 2.12 bits per heavy atom. The molecular weight excluding hydrogens is 350 g/mol. The molecule has 8 heteroatoms. The van der Waals surface area contributed by atoms with E-state index in [1.54, 1.807) is 11.6 Å². The summed E-state index contributed by atoms with van der Waals surface area (Å²) >= 11 is 1.52. The number of carbonyl (C=O) groups excluding carboxylic acids is 1. The molecule has 1 aliphatic rings. The van der Waals surface area contributed by atoms with Crippen LogP contribution in [0.4, 0.5) is 5.82 Å². The number of fused-ring (bicyclic) bond motifs is 1. The normalized spacial score (nSPS) is 14.6. The second-order valence-corrected chi connectivity index (χ2v) is 6.99. The van der Waals surface area contributed by atoms with Gasteiger partial charge in [0.15, 0.2) is 0 Å². The summed E-state index contributed by atoms with van der Waals surface area (Å²) in [4.78, 5) is 27.9. The molecule has 3 heterocycles. The van der Waals surface area contributed by atoms with Crippen molar-refractivity contribution in [2.24, 2.45) is 0 Å². The number of hydrogen-bond donors (Lipinski definition) is 1. The first-order valence-electron chi connectivity index (χ1n) is 8.48. The fraction of sp³-hybridized carbons (Fsp3) is 0.333. The Labute approximate surface area is 155 Å². The lowest BCUT2D eigenvalue weighted by Crippen LogP contribution is -2.37. The van der Waals surface area contributed by atoms with Crippen LogP contribution < -0.4 is 10.2 Å². The molecule has 1 fully saturated rings. The van der Waals surface area contributed by atoms with E-state index in [-0.39, 0.29) is 5.91 Å². The monoisotopic (exact) mass is 369 g/mol. The van der Waals surface area contributed by atoms with E-state index in [0.717, 1.165) is 34.8 Å². The summed E-state index contributed by atoms with van der Waals surface area (Å²) in [6, 6.07) is 7.47. The van der Waals surface area contributed by atoms with Crippen LogP contribution in [0.15, 0.2) is 29.8 Å². The van der Waals surface area contributed by atoms with Crippen molar-refractivity contribution in [3.05, 3.63) is 46.9 Å². The molecule has 2 aromatic heterocycles. The van der Waals surface area contributed by atoms with Gasteiger partial charge in [-0.3, -0.25) is 4.79 Å². The molecule has 4 rings (SSSR count). The predicted molar refractivity (Wildman–Crippen MR) is 101 cm³/mol. The van der Waals surface area contributed by atoms with Crippen LogP contribution in [-0.4, -0.2) is 47.2 Å². The third kappa shape index (κ3) is 3.66. The van der Waals surface area contributed by atoms with E-state index >= 15 is 0 Å². The minimum absolute atomic E-state index is 0.140. The summed E-state index contributed by atoms with van der Waals surface area (Å²) in [5.74, 6) is 1.35.